The zero-order valence-corrected chi connectivity index (χ0v) is 14.5. The van der Waals surface area contributed by atoms with E-state index in [2.05, 4.69) is 5.32 Å². The van der Waals surface area contributed by atoms with Crippen molar-refractivity contribution in [3.8, 4) is 0 Å². The zero-order valence-electron chi connectivity index (χ0n) is 14.5. The van der Waals surface area contributed by atoms with Crippen LogP contribution in [0.15, 0.2) is 24.3 Å². The van der Waals surface area contributed by atoms with Crippen LogP contribution in [0.3, 0.4) is 0 Å². The van der Waals surface area contributed by atoms with Crippen molar-refractivity contribution in [2.45, 2.75) is 38.0 Å². The number of halogens is 2. The number of hydrogen-bond acceptors (Lipinski definition) is 2. The second-order valence-corrected chi connectivity index (χ2v) is 8.72. The van der Waals surface area contributed by atoms with Gasteiger partial charge in [-0.3, -0.25) is 9.59 Å². The summed E-state index contributed by atoms with van der Waals surface area (Å²) < 4.78 is 26.2. The monoisotopic (exact) mass is 360 g/mol. The smallest absolute Gasteiger partial charge is 0.282 e. The van der Waals surface area contributed by atoms with Gasteiger partial charge in [-0.05, 0) is 62.0 Å². The highest BCUT2D eigenvalue weighted by molar-refractivity contribution is 6.05. The molecule has 5 fully saturated rings. The van der Waals surface area contributed by atoms with E-state index in [0.29, 0.717) is 29.0 Å². The van der Waals surface area contributed by atoms with E-state index in [1.165, 1.54) is 6.42 Å². The van der Waals surface area contributed by atoms with E-state index >= 15 is 0 Å². The fraction of sp³-hybridized carbons (Fsp3) is 0.600. The van der Waals surface area contributed by atoms with Gasteiger partial charge in [-0.25, -0.2) is 8.78 Å². The van der Waals surface area contributed by atoms with E-state index in [4.69, 9.17) is 0 Å². The largest absolute Gasteiger partial charge is 0.326 e. The number of nitrogens with zero attached hydrogens (tertiary/aromatic N) is 1. The number of alkyl halides is 2. The summed E-state index contributed by atoms with van der Waals surface area (Å²) in [4.78, 5) is 26.9. The maximum Gasteiger partial charge on any atom is 0.282 e. The molecule has 1 aromatic rings. The molecule has 6 heteroatoms. The second-order valence-electron chi connectivity index (χ2n) is 8.72. The summed E-state index contributed by atoms with van der Waals surface area (Å²) in [5.41, 5.74) is 0.455. The van der Waals surface area contributed by atoms with E-state index in [1.807, 2.05) is 0 Å². The molecule has 1 N–H and O–H groups in total. The Kier molecular flexibility index (Phi) is 3.29. The van der Waals surface area contributed by atoms with E-state index < -0.39 is 24.9 Å². The Labute approximate surface area is 150 Å². The SMILES string of the molecule is O=C(c1ccccc1NC(=O)C12CC3CC(CC1C3)C2)N1CC(F)(F)C1. The van der Waals surface area contributed by atoms with Crippen molar-refractivity contribution in [2.75, 3.05) is 18.4 Å². The third-order valence-corrected chi connectivity index (χ3v) is 6.98. The molecule has 26 heavy (non-hydrogen) atoms. The fourth-order valence-corrected chi connectivity index (χ4v) is 6.02. The molecule has 2 atom stereocenters. The van der Waals surface area contributed by atoms with Crippen LogP contribution in [0.25, 0.3) is 0 Å². The molecular formula is C20H22F2N2O2. The highest BCUT2D eigenvalue weighted by Crippen LogP contribution is 2.65. The molecule has 6 rings (SSSR count). The summed E-state index contributed by atoms with van der Waals surface area (Å²) in [5.74, 6) is -1.43. The van der Waals surface area contributed by atoms with Gasteiger partial charge in [-0.15, -0.1) is 0 Å². The summed E-state index contributed by atoms with van der Waals surface area (Å²) in [6, 6.07) is 6.75. The van der Waals surface area contributed by atoms with Crippen LogP contribution in [0.4, 0.5) is 14.5 Å². The average Bonchev–Trinajstić information content (AvgIpc) is 2.98. The average molecular weight is 360 g/mol. The first-order chi connectivity index (χ1) is 12.4. The van der Waals surface area contributed by atoms with Gasteiger partial charge in [0, 0.05) is 0 Å². The number of nitrogens with one attached hydrogen (secondary N) is 1. The topological polar surface area (TPSA) is 49.4 Å². The Morgan fingerprint density at radius 3 is 2.35 bits per heavy atom. The molecule has 2 amide bonds. The molecule has 2 unspecified atom stereocenters. The van der Waals surface area contributed by atoms with Crippen molar-refractivity contribution in [3.63, 3.8) is 0 Å². The van der Waals surface area contributed by atoms with Gasteiger partial charge in [0.15, 0.2) is 0 Å². The molecule has 138 valence electrons. The highest BCUT2D eigenvalue weighted by Gasteiger charge is 2.61. The van der Waals surface area contributed by atoms with Gasteiger partial charge in [-0.2, -0.15) is 0 Å². The van der Waals surface area contributed by atoms with Gasteiger partial charge >= 0.3 is 0 Å². The lowest BCUT2D eigenvalue weighted by Gasteiger charge is -2.39. The van der Waals surface area contributed by atoms with Crippen LogP contribution in [-0.2, 0) is 4.79 Å². The van der Waals surface area contributed by atoms with E-state index in [9.17, 15) is 18.4 Å². The standard InChI is InChI=1S/C20H22F2N2O2/c21-20(22)10-24(11-20)17(25)15-3-1-2-4-16(15)23-18(26)19-8-12-5-13(9-19)7-14(19)6-12/h1-4,12-14H,5-11H2,(H,23,26). The number of para-hydroxylation sites is 1. The van der Waals surface area contributed by atoms with Gasteiger partial charge in [0.25, 0.3) is 11.8 Å². The van der Waals surface area contributed by atoms with E-state index in [1.54, 1.807) is 24.3 Å². The molecule has 1 aliphatic heterocycles. The van der Waals surface area contributed by atoms with E-state index in [0.717, 1.165) is 30.6 Å². The van der Waals surface area contributed by atoms with Gasteiger partial charge < -0.3 is 10.2 Å². The molecule has 4 aliphatic carbocycles. The number of likely N-dealkylation sites (tertiary alicyclic amines) is 1. The number of carbonyl (C=O) groups is 2. The van der Waals surface area contributed by atoms with E-state index in [-0.39, 0.29) is 11.3 Å². The van der Waals surface area contributed by atoms with Crippen LogP contribution in [0, 0.1) is 23.2 Å². The van der Waals surface area contributed by atoms with Crippen LogP contribution in [0.5, 0.6) is 0 Å². The van der Waals surface area contributed by atoms with Gasteiger partial charge in [0.2, 0.25) is 5.91 Å². The number of rotatable bonds is 3. The van der Waals surface area contributed by atoms with Crippen molar-refractivity contribution in [1.82, 2.24) is 4.90 Å². The minimum absolute atomic E-state index is 0.0152. The molecule has 0 radical (unpaired) electrons. The summed E-state index contributed by atoms with van der Waals surface area (Å²) in [6.07, 6.45) is 5.45. The predicted molar refractivity (Wildman–Crippen MR) is 91.9 cm³/mol. The quantitative estimate of drug-likeness (QED) is 0.896. The number of amides is 2. The van der Waals surface area contributed by atoms with Crippen molar-refractivity contribution < 1.29 is 18.4 Å². The number of carbonyl (C=O) groups excluding carboxylic acids is 2. The van der Waals surface area contributed by atoms with Gasteiger partial charge in [0.05, 0.1) is 29.8 Å². The summed E-state index contributed by atoms with van der Waals surface area (Å²) >= 11 is 0. The Morgan fingerprint density at radius 2 is 1.69 bits per heavy atom. The Hall–Kier alpha value is -1.98. The Morgan fingerprint density at radius 1 is 1.04 bits per heavy atom. The molecule has 1 aromatic carbocycles. The molecule has 4 saturated carbocycles. The molecule has 0 aromatic heterocycles. The highest BCUT2D eigenvalue weighted by atomic mass is 19.3. The minimum atomic E-state index is -2.80. The lowest BCUT2D eigenvalue weighted by molar-refractivity contribution is -0.127. The van der Waals surface area contributed by atoms with Gasteiger partial charge in [-0.1, -0.05) is 12.1 Å². The molecule has 4 bridgehead atoms. The first kappa shape index (κ1) is 16.2. The fourth-order valence-electron chi connectivity index (χ4n) is 6.02. The lowest BCUT2D eigenvalue weighted by atomic mass is 9.75. The molecule has 1 heterocycles. The molecular weight excluding hydrogens is 338 g/mol. The third kappa shape index (κ3) is 2.30. The van der Waals surface area contributed by atoms with Crippen LogP contribution >= 0.6 is 0 Å². The normalized spacial score (nSPS) is 36.1. The number of anilines is 1. The van der Waals surface area contributed by atoms with Crippen molar-refractivity contribution in [1.29, 1.82) is 0 Å². The Balaban J connectivity index is 1.37. The second kappa shape index (κ2) is 5.27. The Bertz CT molecular complexity index is 772. The zero-order chi connectivity index (χ0) is 18.1. The molecule has 5 aliphatic rings. The summed E-state index contributed by atoms with van der Waals surface area (Å²) in [5, 5.41) is 2.99. The van der Waals surface area contributed by atoms with Crippen LogP contribution in [0.2, 0.25) is 0 Å². The van der Waals surface area contributed by atoms with Crippen molar-refractivity contribution in [3.05, 3.63) is 29.8 Å². The van der Waals surface area contributed by atoms with Crippen molar-refractivity contribution >= 4 is 17.5 Å². The molecule has 1 saturated heterocycles. The number of benzene rings is 1. The third-order valence-electron chi connectivity index (χ3n) is 6.98. The van der Waals surface area contributed by atoms with Crippen LogP contribution in [0.1, 0.15) is 42.5 Å². The summed E-state index contributed by atoms with van der Waals surface area (Å²) in [7, 11) is 0. The van der Waals surface area contributed by atoms with Gasteiger partial charge in [0.1, 0.15) is 0 Å². The lowest BCUT2D eigenvalue weighted by Crippen LogP contribution is -2.58. The minimum Gasteiger partial charge on any atom is -0.326 e. The predicted octanol–water partition coefficient (Wildman–Crippen LogP) is 3.54. The maximum absolute atomic E-state index is 13.2. The molecule has 0 spiro atoms. The van der Waals surface area contributed by atoms with Crippen LogP contribution in [-0.4, -0.2) is 35.7 Å². The maximum atomic E-state index is 13.2. The van der Waals surface area contributed by atoms with Crippen LogP contribution < -0.4 is 5.32 Å². The summed E-state index contributed by atoms with van der Waals surface area (Å²) in [6.45, 7) is -1.10. The molecule has 4 nitrogen and oxygen atoms in total. The first-order valence-corrected chi connectivity index (χ1v) is 9.44. The first-order valence-electron chi connectivity index (χ1n) is 9.44. The van der Waals surface area contributed by atoms with Crippen molar-refractivity contribution in [2.24, 2.45) is 23.2 Å². The number of hydrogen-bond donors (Lipinski definition) is 1.